The summed E-state index contributed by atoms with van der Waals surface area (Å²) >= 11 is 11.6. The van der Waals surface area contributed by atoms with Gasteiger partial charge in [-0.25, -0.2) is 0 Å². The van der Waals surface area contributed by atoms with Gasteiger partial charge >= 0.3 is 6.18 Å². The summed E-state index contributed by atoms with van der Waals surface area (Å²) < 4.78 is 39.3. The number of alkyl halides is 3. The maximum atomic E-state index is 13.1. The Morgan fingerprint density at radius 3 is 2.41 bits per heavy atom. The van der Waals surface area contributed by atoms with Crippen LogP contribution in [0.25, 0.3) is 0 Å². The van der Waals surface area contributed by atoms with Crippen LogP contribution in [0.15, 0.2) is 18.2 Å². The first-order valence-electron chi connectivity index (χ1n) is 6.64. The van der Waals surface area contributed by atoms with Gasteiger partial charge in [-0.15, -0.1) is 0 Å². The molecule has 2 atom stereocenters. The fourth-order valence-corrected chi connectivity index (χ4v) is 2.78. The van der Waals surface area contributed by atoms with Crippen molar-refractivity contribution in [3.8, 4) is 0 Å². The van der Waals surface area contributed by atoms with Gasteiger partial charge in [0.2, 0.25) is 0 Å². The summed E-state index contributed by atoms with van der Waals surface area (Å²) in [6.07, 6.45) is -4.39. The number of hydrogen-bond donors (Lipinski definition) is 0. The number of rotatable bonds is 1. The lowest BCUT2D eigenvalue weighted by molar-refractivity contribution is -0.197. The molecule has 8 heteroatoms. The molecule has 1 aliphatic heterocycles. The number of likely N-dealkylation sites (N-methyl/N-ethyl adjacent to an activating group) is 1. The molecule has 122 valence electrons. The zero-order chi connectivity index (χ0) is 16.7. The largest absolute Gasteiger partial charge is 0.405 e. The molecule has 3 nitrogen and oxygen atoms in total. The summed E-state index contributed by atoms with van der Waals surface area (Å²) in [4.78, 5) is 14.9. The number of carbonyl (C=O) groups is 1. The summed E-state index contributed by atoms with van der Waals surface area (Å²) in [5.41, 5.74) is 0.229. The normalized spacial score (nSPS) is 23.7. The first kappa shape index (κ1) is 17.4. The molecule has 2 rings (SSSR count). The highest BCUT2D eigenvalue weighted by Crippen LogP contribution is 2.30. The second-order valence-corrected chi connectivity index (χ2v) is 6.23. The van der Waals surface area contributed by atoms with Crippen LogP contribution in [-0.2, 0) is 0 Å². The zero-order valence-electron chi connectivity index (χ0n) is 12.0. The summed E-state index contributed by atoms with van der Waals surface area (Å²) in [5.74, 6) is -0.479. The Labute approximate surface area is 136 Å². The van der Waals surface area contributed by atoms with Crippen LogP contribution in [0.4, 0.5) is 13.2 Å². The average Bonchev–Trinajstić information content (AvgIpc) is 2.42. The van der Waals surface area contributed by atoms with Gasteiger partial charge < -0.3 is 4.90 Å². The number of piperazine rings is 1. The van der Waals surface area contributed by atoms with E-state index in [4.69, 9.17) is 23.2 Å². The van der Waals surface area contributed by atoms with E-state index in [9.17, 15) is 18.0 Å². The number of carbonyl (C=O) groups excluding carboxylic acids is 1. The van der Waals surface area contributed by atoms with Crippen molar-refractivity contribution in [2.75, 3.05) is 20.1 Å². The molecule has 0 saturated carbocycles. The molecule has 2 unspecified atom stereocenters. The Morgan fingerprint density at radius 1 is 1.23 bits per heavy atom. The Morgan fingerprint density at radius 2 is 1.86 bits per heavy atom. The smallest absolute Gasteiger partial charge is 0.335 e. The number of halogens is 5. The predicted molar refractivity (Wildman–Crippen MR) is 79.4 cm³/mol. The SMILES string of the molecule is CC1CN(C(=O)c2ccc(Cl)c(Cl)c2)CC(C(F)(F)F)N1C. The van der Waals surface area contributed by atoms with Crippen molar-refractivity contribution >= 4 is 29.1 Å². The minimum Gasteiger partial charge on any atom is -0.335 e. The topological polar surface area (TPSA) is 23.6 Å². The maximum absolute atomic E-state index is 13.1. The fourth-order valence-electron chi connectivity index (χ4n) is 2.48. The molecular weight excluding hydrogens is 340 g/mol. The number of amides is 1. The summed E-state index contributed by atoms with van der Waals surface area (Å²) in [7, 11) is 1.42. The van der Waals surface area contributed by atoms with E-state index in [0.717, 1.165) is 0 Å². The molecule has 1 aromatic carbocycles. The van der Waals surface area contributed by atoms with Crippen LogP contribution in [0.1, 0.15) is 17.3 Å². The second-order valence-electron chi connectivity index (χ2n) is 5.41. The second kappa shape index (κ2) is 6.26. The standard InChI is InChI=1S/C14H15Cl2F3N2O/c1-8-6-21(7-12(20(8)2)14(17,18)19)13(22)9-3-4-10(15)11(16)5-9/h3-5,8,12H,6-7H2,1-2H3. The van der Waals surface area contributed by atoms with Gasteiger partial charge in [0.1, 0.15) is 6.04 Å². The minimum atomic E-state index is -4.39. The summed E-state index contributed by atoms with van der Waals surface area (Å²) in [6, 6.07) is 2.22. The third-order valence-electron chi connectivity index (χ3n) is 3.90. The van der Waals surface area contributed by atoms with Crippen molar-refractivity contribution in [2.45, 2.75) is 25.2 Å². The van der Waals surface area contributed by atoms with Crippen LogP contribution in [0.2, 0.25) is 10.0 Å². The van der Waals surface area contributed by atoms with Gasteiger partial charge in [0, 0.05) is 24.7 Å². The van der Waals surface area contributed by atoms with E-state index in [1.807, 2.05) is 0 Å². The van der Waals surface area contributed by atoms with Crippen LogP contribution >= 0.6 is 23.2 Å². The van der Waals surface area contributed by atoms with Crippen LogP contribution in [0, 0.1) is 0 Å². The van der Waals surface area contributed by atoms with Crippen molar-refractivity contribution in [2.24, 2.45) is 0 Å². The molecule has 0 bridgehead atoms. The van der Waals surface area contributed by atoms with Crippen molar-refractivity contribution in [1.29, 1.82) is 0 Å². The number of nitrogens with zero attached hydrogens (tertiary/aromatic N) is 2. The van der Waals surface area contributed by atoms with E-state index in [0.29, 0.717) is 0 Å². The average molecular weight is 355 g/mol. The van der Waals surface area contributed by atoms with Gasteiger partial charge in [-0.2, -0.15) is 13.2 Å². The molecule has 1 amide bonds. The molecule has 1 fully saturated rings. The molecule has 1 saturated heterocycles. The highest BCUT2D eigenvalue weighted by molar-refractivity contribution is 6.42. The van der Waals surface area contributed by atoms with Gasteiger partial charge in [0.05, 0.1) is 10.0 Å². The van der Waals surface area contributed by atoms with E-state index in [1.54, 1.807) is 6.92 Å². The van der Waals surface area contributed by atoms with Crippen molar-refractivity contribution in [3.63, 3.8) is 0 Å². The summed E-state index contributed by atoms with van der Waals surface area (Å²) in [6.45, 7) is 1.48. The maximum Gasteiger partial charge on any atom is 0.405 e. The highest BCUT2D eigenvalue weighted by atomic mass is 35.5. The van der Waals surface area contributed by atoms with Gasteiger partial charge in [0.25, 0.3) is 5.91 Å². The minimum absolute atomic E-state index is 0.196. The Bertz CT molecular complexity index is 580. The Hall–Kier alpha value is -0.980. The molecule has 22 heavy (non-hydrogen) atoms. The molecule has 0 spiro atoms. The lowest BCUT2D eigenvalue weighted by atomic mass is 10.1. The lowest BCUT2D eigenvalue weighted by Crippen LogP contribution is -2.62. The zero-order valence-corrected chi connectivity index (χ0v) is 13.5. The first-order valence-corrected chi connectivity index (χ1v) is 7.40. The molecule has 0 N–H and O–H groups in total. The van der Waals surface area contributed by atoms with Crippen LogP contribution < -0.4 is 0 Å². The molecule has 0 radical (unpaired) electrons. The lowest BCUT2D eigenvalue weighted by Gasteiger charge is -2.44. The number of hydrogen-bond acceptors (Lipinski definition) is 2. The highest BCUT2D eigenvalue weighted by Gasteiger charge is 2.47. The first-order chi connectivity index (χ1) is 10.1. The van der Waals surface area contributed by atoms with E-state index >= 15 is 0 Å². The predicted octanol–water partition coefficient (Wildman–Crippen LogP) is 3.70. The third-order valence-corrected chi connectivity index (χ3v) is 4.64. The fraction of sp³-hybridized carbons (Fsp3) is 0.500. The number of benzene rings is 1. The van der Waals surface area contributed by atoms with E-state index < -0.39 is 30.7 Å². The van der Waals surface area contributed by atoms with Gasteiger partial charge in [-0.3, -0.25) is 9.69 Å². The molecule has 0 aliphatic carbocycles. The van der Waals surface area contributed by atoms with E-state index in [2.05, 4.69) is 0 Å². The van der Waals surface area contributed by atoms with E-state index in [-0.39, 0.29) is 22.2 Å². The molecule has 0 aromatic heterocycles. The Balaban J connectivity index is 2.24. The molecular formula is C14H15Cl2F3N2O. The quantitative estimate of drug-likeness (QED) is 0.767. The Kier molecular flexibility index (Phi) is 4.94. The van der Waals surface area contributed by atoms with Crippen molar-refractivity contribution < 1.29 is 18.0 Å². The monoisotopic (exact) mass is 354 g/mol. The molecule has 1 heterocycles. The van der Waals surface area contributed by atoms with Crippen molar-refractivity contribution in [3.05, 3.63) is 33.8 Å². The molecule has 1 aliphatic rings. The third kappa shape index (κ3) is 3.50. The van der Waals surface area contributed by atoms with Gasteiger partial charge in [-0.1, -0.05) is 23.2 Å². The van der Waals surface area contributed by atoms with Gasteiger partial charge in [-0.05, 0) is 32.2 Å². The summed E-state index contributed by atoms with van der Waals surface area (Å²) in [5, 5.41) is 0.486. The van der Waals surface area contributed by atoms with Crippen molar-refractivity contribution in [1.82, 2.24) is 9.80 Å². The van der Waals surface area contributed by atoms with Crippen LogP contribution in [0.3, 0.4) is 0 Å². The van der Waals surface area contributed by atoms with E-state index in [1.165, 1.54) is 35.0 Å². The van der Waals surface area contributed by atoms with Gasteiger partial charge in [0.15, 0.2) is 0 Å². The molecule has 1 aromatic rings. The van der Waals surface area contributed by atoms with Crippen LogP contribution in [0.5, 0.6) is 0 Å². The van der Waals surface area contributed by atoms with Crippen LogP contribution in [-0.4, -0.2) is 54.1 Å².